The first kappa shape index (κ1) is 22.7. The Labute approximate surface area is 170 Å². The minimum absolute atomic E-state index is 0.106. The minimum Gasteiger partial charge on any atom is -0.480 e. The number of halogens is 3. The van der Waals surface area contributed by atoms with Gasteiger partial charge in [0.05, 0.1) is 0 Å². The molecule has 0 bridgehead atoms. The molecule has 7 nitrogen and oxygen atoms in total. The van der Waals surface area contributed by atoms with Crippen LogP contribution in [0.1, 0.15) is 5.56 Å². The highest BCUT2D eigenvalue weighted by molar-refractivity contribution is 7.80. The molecule has 26 heavy (non-hydrogen) atoms. The fraction of sp³-hybridized carbons (Fsp3) is 0.400. The van der Waals surface area contributed by atoms with Crippen molar-refractivity contribution in [3.8, 4) is 0 Å². The highest BCUT2D eigenvalue weighted by Crippen LogP contribution is 2.25. The number of carboxylic acids is 1. The summed E-state index contributed by atoms with van der Waals surface area (Å²) in [6.45, 7) is -0.516. The second kappa shape index (κ2) is 10.7. The number of hydrogen-bond acceptors (Lipinski definition) is 5. The van der Waals surface area contributed by atoms with Gasteiger partial charge in [-0.3, -0.25) is 4.79 Å². The van der Waals surface area contributed by atoms with Gasteiger partial charge in [-0.25, -0.2) is 9.59 Å². The standard InChI is InChI=1S/C15H17Cl3N2O5S/c16-15(17,18)8-25-14(24)20-10(6-9-4-2-1-3-5-9)12(21)19-11(7-26)13(22)23/h1-5,10-11,26H,6-8H2,(H,19,21)(H,20,24)(H,22,23)/t10-,11+/m1/s1. The Morgan fingerprint density at radius 3 is 2.23 bits per heavy atom. The Balaban J connectivity index is 2.82. The van der Waals surface area contributed by atoms with Crippen molar-refractivity contribution < 1.29 is 24.2 Å². The number of benzene rings is 1. The quantitative estimate of drug-likeness (QED) is 0.364. The summed E-state index contributed by atoms with van der Waals surface area (Å²) in [7, 11) is 0. The lowest BCUT2D eigenvalue weighted by Crippen LogP contribution is -2.53. The van der Waals surface area contributed by atoms with E-state index >= 15 is 0 Å². The van der Waals surface area contributed by atoms with Gasteiger partial charge in [-0.1, -0.05) is 65.1 Å². The molecule has 2 amide bonds. The number of carbonyl (C=O) groups excluding carboxylic acids is 2. The van der Waals surface area contributed by atoms with E-state index in [4.69, 9.17) is 44.6 Å². The fourth-order valence-corrected chi connectivity index (χ4v) is 2.26. The summed E-state index contributed by atoms with van der Waals surface area (Å²) < 4.78 is 2.95. The number of aliphatic carboxylic acids is 1. The fourth-order valence-electron chi connectivity index (χ4n) is 1.85. The molecule has 0 aromatic heterocycles. The van der Waals surface area contributed by atoms with Gasteiger partial charge < -0.3 is 20.5 Å². The third-order valence-corrected chi connectivity index (χ3v) is 3.75. The van der Waals surface area contributed by atoms with Crippen LogP contribution < -0.4 is 10.6 Å². The zero-order chi connectivity index (χ0) is 19.7. The number of carbonyl (C=O) groups is 3. The van der Waals surface area contributed by atoms with Crippen molar-refractivity contribution in [1.82, 2.24) is 10.6 Å². The molecule has 0 unspecified atom stereocenters. The third-order valence-electron chi connectivity index (χ3n) is 3.06. The Morgan fingerprint density at radius 1 is 1.12 bits per heavy atom. The van der Waals surface area contributed by atoms with Crippen LogP contribution in [-0.4, -0.2) is 51.3 Å². The van der Waals surface area contributed by atoms with Crippen LogP contribution in [-0.2, 0) is 20.7 Å². The third kappa shape index (κ3) is 8.84. The lowest BCUT2D eigenvalue weighted by molar-refractivity contribution is -0.141. The molecule has 0 spiro atoms. The van der Waals surface area contributed by atoms with Crippen molar-refractivity contribution in [3.05, 3.63) is 35.9 Å². The Hall–Kier alpha value is -1.35. The summed E-state index contributed by atoms with van der Waals surface area (Å²) in [6, 6.07) is 6.52. The number of rotatable bonds is 8. The van der Waals surface area contributed by atoms with Crippen LogP contribution in [0.15, 0.2) is 30.3 Å². The van der Waals surface area contributed by atoms with Gasteiger partial charge in [0.2, 0.25) is 9.70 Å². The van der Waals surface area contributed by atoms with Gasteiger partial charge in [0.1, 0.15) is 18.7 Å². The van der Waals surface area contributed by atoms with E-state index in [1.807, 2.05) is 0 Å². The Morgan fingerprint density at radius 2 is 1.73 bits per heavy atom. The molecule has 0 aliphatic rings. The molecule has 1 rings (SSSR count). The molecule has 0 radical (unpaired) electrons. The molecule has 0 fully saturated rings. The second-order valence-corrected chi connectivity index (χ2v) is 8.04. The maximum Gasteiger partial charge on any atom is 0.407 e. The number of nitrogens with one attached hydrogen (secondary N) is 2. The average Bonchev–Trinajstić information content (AvgIpc) is 2.57. The molecule has 11 heteroatoms. The van der Waals surface area contributed by atoms with Crippen molar-refractivity contribution in [2.24, 2.45) is 0 Å². The zero-order valence-electron chi connectivity index (χ0n) is 13.3. The highest BCUT2D eigenvalue weighted by atomic mass is 35.6. The number of hydrogen-bond donors (Lipinski definition) is 4. The maximum absolute atomic E-state index is 12.4. The molecule has 144 valence electrons. The Bertz CT molecular complexity index is 627. The molecule has 0 heterocycles. The number of ether oxygens (including phenoxy) is 1. The van der Waals surface area contributed by atoms with E-state index in [2.05, 4.69) is 23.3 Å². The van der Waals surface area contributed by atoms with Gasteiger partial charge in [-0.05, 0) is 5.56 Å². The molecule has 2 atom stereocenters. The molecule has 3 N–H and O–H groups in total. The second-order valence-electron chi connectivity index (χ2n) is 5.16. The number of carboxylic acid groups (broad SMARTS) is 1. The number of alkyl halides is 3. The van der Waals surface area contributed by atoms with Crippen LogP contribution in [0.5, 0.6) is 0 Å². The van der Waals surface area contributed by atoms with Crippen molar-refractivity contribution >= 4 is 65.4 Å². The maximum atomic E-state index is 12.4. The number of amides is 2. The SMILES string of the molecule is O=C(N[C@H](Cc1ccccc1)C(=O)N[C@@H](CS)C(=O)O)OCC(Cl)(Cl)Cl. The largest absolute Gasteiger partial charge is 0.480 e. The summed E-state index contributed by atoms with van der Waals surface area (Å²) in [5.74, 6) is -2.07. The van der Waals surface area contributed by atoms with Gasteiger partial charge in [0, 0.05) is 12.2 Å². The van der Waals surface area contributed by atoms with Crippen molar-refractivity contribution in [1.29, 1.82) is 0 Å². The van der Waals surface area contributed by atoms with Gasteiger partial charge in [-0.15, -0.1) is 0 Å². The number of thiol groups is 1. The predicted molar refractivity (Wildman–Crippen MR) is 102 cm³/mol. The monoisotopic (exact) mass is 442 g/mol. The molecule has 0 aliphatic carbocycles. The van der Waals surface area contributed by atoms with E-state index in [1.54, 1.807) is 30.3 Å². The van der Waals surface area contributed by atoms with E-state index in [-0.39, 0.29) is 12.2 Å². The summed E-state index contributed by atoms with van der Waals surface area (Å²) in [4.78, 5) is 35.3. The molecule has 0 saturated carbocycles. The van der Waals surface area contributed by atoms with Crippen LogP contribution in [0.4, 0.5) is 4.79 Å². The van der Waals surface area contributed by atoms with Crippen LogP contribution in [0.2, 0.25) is 0 Å². The van der Waals surface area contributed by atoms with E-state index < -0.39 is 40.5 Å². The lowest BCUT2D eigenvalue weighted by atomic mass is 10.1. The van der Waals surface area contributed by atoms with Gasteiger partial charge in [0.15, 0.2) is 0 Å². The van der Waals surface area contributed by atoms with Gasteiger partial charge >= 0.3 is 12.1 Å². The highest BCUT2D eigenvalue weighted by Gasteiger charge is 2.28. The molecule has 0 aliphatic heterocycles. The van der Waals surface area contributed by atoms with Crippen molar-refractivity contribution in [2.45, 2.75) is 22.3 Å². The molecular weight excluding hydrogens is 427 g/mol. The van der Waals surface area contributed by atoms with Crippen molar-refractivity contribution in [3.63, 3.8) is 0 Å². The lowest BCUT2D eigenvalue weighted by Gasteiger charge is -2.21. The van der Waals surface area contributed by atoms with E-state index in [9.17, 15) is 14.4 Å². The van der Waals surface area contributed by atoms with E-state index in [0.29, 0.717) is 0 Å². The first-order valence-electron chi connectivity index (χ1n) is 7.30. The first-order chi connectivity index (χ1) is 12.1. The molecular formula is C15H17Cl3N2O5S. The summed E-state index contributed by atoms with van der Waals surface area (Å²) in [5.41, 5.74) is 0.743. The smallest absolute Gasteiger partial charge is 0.407 e. The molecule has 0 saturated heterocycles. The van der Waals surface area contributed by atoms with Crippen LogP contribution in [0, 0.1) is 0 Å². The average molecular weight is 444 g/mol. The van der Waals surface area contributed by atoms with E-state index in [0.717, 1.165) is 5.56 Å². The van der Waals surface area contributed by atoms with Crippen molar-refractivity contribution in [2.75, 3.05) is 12.4 Å². The van der Waals surface area contributed by atoms with E-state index in [1.165, 1.54) is 0 Å². The molecule has 1 aromatic rings. The summed E-state index contributed by atoms with van der Waals surface area (Å²) >= 11 is 20.4. The molecule has 1 aromatic carbocycles. The summed E-state index contributed by atoms with van der Waals surface area (Å²) in [5, 5.41) is 13.7. The normalized spacial score (nSPS) is 13.4. The summed E-state index contributed by atoms with van der Waals surface area (Å²) in [6.07, 6.45) is -0.876. The minimum atomic E-state index is -1.80. The Kier molecular flexibility index (Phi) is 9.35. The predicted octanol–water partition coefficient (Wildman–Crippen LogP) is 2.19. The van der Waals surface area contributed by atoms with Crippen LogP contribution >= 0.6 is 47.4 Å². The van der Waals surface area contributed by atoms with Gasteiger partial charge in [-0.2, -0.15) is 12.6 Å². The van der Waals surface area contributed by atoms with Crippen LogP contribution in [0.3, 0.4) is 0 Å². The zero-order valence-corrected chi connectivity index (χ0v) is 16.5. The topological polar surface area (TPSA) is 105 Å². The first-order valence-corrected chi connectivity index (χ1v) is 9.07. The van der Waals surface area contributed by atoms with Crippen LogP contribution in [0.25, 0.3) is 0 Å². The van der Waals surface area contributed by atoms with Gasteiger partial charge in [0.25, 0.3) is 0 Å². The number of alkyl carbamates (subject to hydrolysis) is 1.